The highest BCUT2D eigenvalue weighted by Crippen LogP contribution is 2.28. The van der Waals surface area contributed by atoms with Crippen LogP contribution in [-0.4, -0.2) is 59.5 Å². The molecule has 5 rings (SSSR count). The summed E-state index contributed by atoms with van der Waals surface area (Å²) in [6.07, 6.45) is 5.87. The average Bonchev–Trinajstić information content (AvgIpc) is 2.82. The molecule has 0 radical (unpaired) electrons. The number of benzene rings is 1. The lowest BCUT2D eigenvalue weighted by molar-refractivity contribution is -0.910. The van der Waals surface area contributed by atoms with Crippen LogP contribution in [-0.2, 0) is 0 Å². The van der Waals surface area contributed by atoms with E-state index in [1.54, 1.807) is 6.20 Å². The Morgan fingerprint density at radius 1 is 1.23 bits per heavy atom. The van der Waals surface area contributed by atoms with Crippen LogP contribution in [0.4, 0.5) is 0 Å². The Bertz CT molecular complexity index is 714. The van der Waals surface area contributed by atoms with Crippen molar-refractivity contribution in [2.45, 2.75) is 18.9 Å². The zero-order chi connectivity index (χ0) is 15.2. The SMILES string of the molecule is C[N+]12CCC(CC1)N(C(=O)c1cccc3cnccc13)CC2. The van der Waals surface area contributed by atoms with Gasteiger partial charge in [-0.2, -0.15) is 0 Å². The van der Waals surface area contributed by atoms with Crippen molar-refractivity contribution in [3.8, 4) is 0 Å². The molecule has 4 nitrogen and oxygen atoms in total. The van der Waals surface area contributed by atoms with Gasteiger partial charge in [0, 0.05) is 42.2 Å². The van der Waals surface area contributed by atoms with Gasteiger partial charge in [0.1, 0.15) is 0 Å². The van der Waals surface area contributed by atoms with Gasteiger partial charge in [-0.15, -0.1) is 0 Å². The van der Waals surface area contributed by atoms with Crippen molar-refractivity contribution in [1.29, 1.82) is 0 Å². The molecule has 1 aromatic carbocycles. The number of pyridine rings is 1. The molecule has 0 N–H and O–H groups in total. The number of carbonyl (C=O) groups is 1. The van der Waals surface area contributed by atoms with Crippen LogP contribution in [0.5, 0.6) is 0 Å². The first-order valence-corrected chi connectivity index (χ1v) is 8.14. The first-order valence-electron chi connectivity index (χ1n) is 8.14. The number of nitrogens with zero attached hydrogens (tertiary/aromatic N) is 3. The molecule has 0 aliphatic carbocycles. The number of rotatable bonds is 1. The molecule has 1 amide bonds. The first kappa shape index (κ1) is 13.7. The lowest BCUT2D eigenvalue weighted by Gasteiger charge is -2.37. The van der Waals surface area contributed by atoms with Crippen molar-refractivity contribution in [3.05, 3.63) is 42.2 Å². The minimum absolute atomic E-state index is 0.192. The maximum atomic E-state index is 13.2. The van der Waals surface area contributed by atoms with Crippen molar-refractivity contribution < 1.29 is 9.28 Å². The van der Waals surface area contributed by atoms with Gasteiger partial charge in [0.2, 0.25) is 0 Å². The fourth-order valence-corrected chi connectivity index (χ4v) is 3.98. The molecule has 3 aliphatic heterocycles. The number of likely N-dealkylation sites (N-methyl/N-ethyl adjacent to an activating group) is 1. The molecule has 4 heteroatoms. The van der Waals surface area contributed by atoms with Gasteiger partial charge in [0.05, 0.1) is 33.2 Å². The molecule has 3 aliphatic rings. The molecule has 22 heavy (non-hydrogen) atoms. The van der Waals surface area contributed by atoms with E-state index in [4.69, 9.17) is 0 Å². The molecule has 3 fully saturated rings. The summed E-state index contributed by atoms with van der Waals surface area (Å²) in [5.74, 6) is 0.192. The summed E-state index contributed by atoms with van der Waals surface area (Å²) < 4.78 is 1.12. The van der Waals surface area contributed by atoms with E-state index < -0.39 is 0 Å². The van der Waals surface area contributed by atoms with Crippen molar-refractivity contribution in [2.75, 3.05) is 33.2 Å². The number of piperidine rings is 1. The Balaban J connectivity index is 1.71. The Morgan fingerprint density at radius 3 is 2.86 bits per heavy atom. The summed E-state index contributed by atoms with van der Waals surface area (Å²) in [4.78, 5) is 19.4. The van der Waals surface area contributed by atoms with E-state index in [0.717, 1.165) is 46.8 Å². The minimum atomic E-state index is 0.192. The number of hydrogen-bond acceptors (Lipinski definition) is 2. The second kappa shape index (κ2) is 5.06. The molecule has 2 aromatic rings. The molecular weight excluding hydrogens is 274 g/mol. The Morgan fingerprint density at radius 2 is 2.05 bits per heavy atom. The third-order valence-corrected chi connectivity index (χ3v) is 5.50. The Kier molecular flexibility index (Phi) is 3.15. The molecule has 3 saturated heterocycles. The third kappa shape index (κ3) is 2.18. The number of aromatic nitrogens is 1. The van der Waals surface area contributed by atoms with Crippen LogP contribution in [0.25, 0.3) is 10.8 Å². The Labute approximate surface area is 130 Å². The molecule has 114 valence electrons. The molecule has 4 heterocycles. The van der Waals surface area contributed by atoms with Gasteiger partial charge < -0.3 is 9.38 Å². The monoisotopic (exact) mass is 296 g/mol. The zero-order valence-electron chi connectivity index (χ0n) is 13.0. The van der Waals surface area contributed by atoms with Crippen molar-refractivity contribution >= 4 is 16.7 Å². The van der Waals surface area contributed by atoms with E-state index in [-0.39, 0.29) is 5.91 Å². The lowest BCUT2D eigenvalue weighted by atomic mass is 10.0. The van der Waals surface area contributed by atoms with E-state index in [1.807, 2.05) is 30.5 Å². The molecule has 1 aromatic heterocycles. The normalized spacial score (nSPS) is 27.9. The number of hydrogen-bond donors (Lipinski definition) is 0. The highest BCUT2D eigenvalue weighted by Gasteiger charge is 2.39. The van der Waals surface area contributed by atoms with Crippen molar-refractivity contribution in [3.63, 3.8) is 0 Å². The molecule has 0 saturated carbocycles. The third-order valence-electron chi connectivity index (χ3n) is 5.50. The standard InChI is InChI=1S/C18H22N3O/c1-21-10-6-15(7-11-21)20(9-12-21)18(22)17-4-2-3-14-13-19-8-5-16(14)17/h2-5,8,13,15H,6-7,9-12H2,1H3/q+1. The fraction of sp³-hybridized carbons (Fsp3) is 0.444. The lowest BCUT2D eigenvalue weighted by Crippen LogP contribution is -2.49. The van der Waals surface area contributed by atoms with E-state index >= 15 is 0 Å². The average molecular weight is 296 g/mol. The van der Waals surface area contributed by atoms with Crippen LogP contribution in [0, 0.1) is 0 Å². The van der Waals surface area contributed by atoms with Gasteiger partial charge in [0.15, 0.2) is 0 Å². The summed E-state index contributed by atoms with van der Waals surface area (Å²) in [6, 6.07) is 8.31. The highest BCUT2D eigenvalue weighted by molar-refractivity contribution is 6.06. The summed E-state index contributed by atoms with van der Waals surface area (Å²) >= 11 is 0. The predicted octanol–water partition coefficient (Wildman–Crippen LogP) is 2.30. The van der Waals surface area contributed by atoms with E-state index in [0.29, 0.717) is 6.04 Å². The van der Waals surface area contributed by atoms with Crippen LogP contribution in [0.2, 0.25) is 0 Å². The minimum Gasteiger partial charge on any atom is -0.330 e. The second-order valence-electron chi connectivity index (χ2n) is 6.92. The van der Waals surface area contributed by atoms with E-state index in [9.17, 15) is 4.79 Å². The number of fused-ring (bicyclic) bond motifs is 5. The summed E-state index contributed by atoms with van der Waals surface area (Å²) in [5.41, 5.74) is 0.822. The number of quaternary nitrogens is 1. The maximum Gasteiger partial charge on any atom is 0.254 e. The van der Waals surface area contributed by atoms with Crippen LogP contribution >= 0.6 is 0 Å². The molecule has 2 bridgehead atoms. The van der Waals surface area contributed by atoms with Gasteiger partial charge in [-0.1, -0.05) is 12.1 Å². The smallest absolute Gasteiger partial charge is 0.254 e. The summed E-state index contributed by atoms with van der Waals surface area (Å²) in [7, 11) is 2.33. The van der Waals surface area contributed by atoms with Crippen LogP contribution in [0.3, 0.4) is 0 Å². The fourth-order valence-electron chi connectivity index (χ4n) is 3.98. The van der Waals surface area contributed by atoms with Gasteiger partial charge >= 0.3 is 0 Å². The largest absolute Gasteiger partial charge is 0.330 e. The topological polar surface area (TPSA) is 33.2 Å². The number of amides is 1. The highest BCUT2D eigenvalue weighted by atomic mass is 16.2. The van der Waals surface area contributed by atoms with Crippen molar-refractivity contribution in [1.82, 2.24) is 9.88 Å². The van der Waals surface area contributed by atoms with Crippen LogP contribution in [0.15, 0.2) is 36.7 Å². The quantitative estimate of drug-likeness (QED) is 0.757. The second-order valence-corrected chi connectivity index (χ2v) is 6.92. The molecule has 0 unspecified atom stereocenters. The van der Waals surface area contributed by atoms with Gasteiger partial charge in [-0.05, 0) is 17.5 Å². The summed E-state index contributed by atoms with van der Waals surface area (Å²) in [5, 5.41) is 2.05. The molecule has 0 atom stereocenters. The van der Waals surface area contributed by atoms with Gasteiger partial charge in [-0.25, -0.2) is 0 Å². The zero-order valence-corrected chi connectivity index (χ0v) is 13.0. The number of carbonyl (C=O) groups excluding carboxylic acids is 1. The van der Waals surface area contributed by atoms with Crippen LogP contribution < -0.4 is 0 Å². The van der Waals surface area contributed by atoms with Gasteiger partial charge in [-0.3, -0.25) is 9.78 Å². The predicted molar refractivity (Wildman–Crippen MR) is 86.6 cm³/mol. The van der Waals surface area contributed by atoms with Crippen molar-refractivity contribution in [2.24, 2.45) is 0 Å². The first-order chi connectivity index (χ1) is 10.7. The Hall–Kier alpha value is -1.94. The van der Waals surface area contributed by atoms with E-state index in [1.165, 1.54) is 13.1 Å². The van der Waals surface area contributed by atoms with E-state index in [2.05, 4.69) is 16.9 Å². The van der Waals surface area contributed by atoms with Gasteiger partial charge in [0.25, 0.3) is 5.91 Å². The molecular formula is C18H22N3O+. The van der Waals surface area contributed by atoms with Crippen LogP contribution in [0.1, 0.15) is 23.2 Å². The molecule has 0 spiro atoms. The maximum absolute atomic E-state index is 13.2. The summed E-state index contributed by atoms with van der Waals surface area (Å²) in [6.45, 7) is 4.36.